The summed E-state index contributed by atoms with van der Waals surface area (Å²) in [6.07, 6.45) is 6.64. The van der Waals surface area contributed by atoms with Crippen LogP contribution >= 0.6 is 0 Å². The lowest BCUT2D eigenvalue weighted by atomic mass is 9.98. The smallest absolute Gasteiger partial charge is 0.0165 e. The van der Waals surface area contributed by atoms with Crippen molar-refractivity contribution in [2.24, 2.45) is 11.7 Å². The van der Waals surface area contributed by atoms with Gasteiger partial charge in [0.05, 0.1) is 0 Å². The fraction of sp³-hybridized carbons (Fsp3) is 1.00. The zero-order valence-electron chi connectivity index (χ0n) is 9.84. The number of rotatable bonds is 4. The lowest BCUT2D eigenvalue weighted by Gasteiger charge is -2.23. The van der Waals surface area contributed by atoms with Crippen LogP contribution < -0.4 is 5.73 Å². The summed E-state index contributed by atoms with van der Waals surface area (Å²) in [4.78, 5) is 2.56. The third-order valence-corrected chi connectivity index (χ3v) is 3.53. The fourth-order valence-electron chi connectivity index (χ4n) is 2.28. The van der Waals surface area contributed by atoms with Gasteiger partial charge in [-0.15, -0.1) is 0 Å². The van der Waals surface area contributed by atoms with Crippen molar-refractivity contribution in [2.75, 3.05) is 19.6 Å². The van der Waals surface area contributed by atoms with Gasteiger partial charge in [-0.25, -0.2) is 0 Å². The molecule has 0 spiro atoms. The molecule has 0 amide bonds. The Kier molecular flexibility index (Phi) is 5.49. The number of nitrogens with zero attached hydrogens (tertiary/aromatic N) is 1. The highest BCUT2D eigenvalue weighted by Crippen LogP contribution is 2.20. The average molecular weight is 198 g/mol. The van der Waals surface area contributed by atoms with Crippen LogP contribution in [0.3, 0.4) is 0 Å². The van der Waals surface area contributed by atoms with Gasteiger partial charge in [0.1, 0.15) is 0 Å². The molecule has 1 saturated heterocycles. The van der Waals surface area contributed by atoms with Gasteiger partial charge in [-0.3, -0.25) is 0 Å². The van der Waals surface area contributed by atoms with E-state index in [2.05, 4.69) is 18.7 Å². The molecule has 2 unspecified atom stereocenters. The predicted molar refractivity (Wildman–Crippen MR) is 62.3 cm³/mol. The Morgan fingerprint density at radius 3 is 2.71 bits per heavy atom. The maximum absolute atomic E-state index is 5.98. The van der Waals surface area contributed by atoms with Crippen LogP contribution in [0.2, 0.25) is 0 Å². The predicted octanol–water partition coefficient (Wildman–Crippen LogP) is 2.24. The highest BCUT2D eigenvalue weighted by Gasteiger charge is 2.16. The summed E-state index contributed by atoms with van der Waals surface area (Å²) in [6, 6.07) is 0.383. The first-order valence-corrected chi connectivity index (χ1v) is 6.24. The van der Waals surface area contributed by atoms with Gasteiger partial charge in [0, 0.05) is 12.6 Å². The summed E-state index contributed by atoms with van der Waals surface area (Å²) >= 11 is 0. The van der Waals surface area contributed by atoms with Crippen molar-refractivity contribution in [3.05, 3.63) is 0 Å². The van der Waals surface area contributed by atoms with Crippen molar-refractivity contribution in [2.45, 2.75) is 52.0 Å². The van der Waals surface area contributed by atoms with Crippen LogP contribution in [-0.2, 0) is 0 Å². The molecule has 0 bridgehead atoms. The second kappa shape index (κ2) is 6.41. The Morgan fingerprint density at radius 1 is 1.29 bits per heavy atom. The first-order valence-electron chi connectivity index (χ1n) is 6.24. The number of hydrogen-bond acceptors (Lipinski definition) is 2. The zero-order chi connectivity index (χ0) is 10.4. The van der Waals surface area contributed by atoms with Crippen LogP contribution in [-0.4, -0.2) is 30.6 Å². The summed E-state index contributed by atoms with van der Waals surface area (Å²) in [7, 11) is 0. The van der Waals surface area contributed by atoms with Gasteiger partial charge in [-0.2, -0.15) is 0 Å². The summed E-state index contributed by atoms with van der Waals surface area (Å²) in [5, 5.41) is 0. The minimum atomic E-state index is 0.383. The molecule has 0 aromatic carbocycles. The summed E-state index contributed by atoms with van der Waals surface area (Å²) in [5.41, 5.74) is 5.98. The van der Waals surface area contributed by atoms with Gasteiger partial charge in [-0.1, -0.05) is 20.3 Å². The Labute approximate surface area is 88.8 Å². The average Bonchev–Trinajstić information content (AvgIpc) is 2.43. The van der Waals surface area contributed by atoms with Crippen molar-refractivity contribution in [3.8, 4) is 0 Å². The van der Waals surface area contributed by atoms with E-state index in [9.17, 15) is 0 Å². The maximum Gasteiger partial charge on any atom is 0.0165 e. The van der Waals surface area contributed by atoms with Crippen LogP contribution in [0.1, 0.15) is 46.0 Å². The van der Waals surface area contributed by atoms with Crippen LogP contribution in [0.5, 0.6) is 0 Å². The molecule has 14 heavy (non-hydrogen) atoms. The molecule has 2 nitrogen and oxygen atoms in total. The highest BCUT2D eigenvalue weighted by atomic mass is 15.1. The molecule has 0 aliphatic carbocycles. The Morgan fingerprint density at radius 2 is 2.07 bits per heavy atom. The lowest BCUT2D eigenvalue weighted by molar-refractivity contribution is 0.260. The molecule has 2 N–H and O–H groups in total. The molecule has 0 aromatic rings. The van der Waals surface area contributed by atoms with E-state index in [0.29, 0.717) is 6.04 Å². The molecule has 1 heterocycles. The molecule has 2 heteroatoms. The summed E-state index contributed by atoms with van der Waals surface area (Å²) in [6.45, 7) is 8.14. The molecule has 2 atom stereocenters. The topological polar surface area (TPSA) is 29.3 Å². The van der Waals surface area contributed by atoms with Gasteiger partial charge in [0.15, 0.2) is 0 Å². The van der Waals surface area contributed by atoms with Crippen LogP contribution in [0.15, 0.2) is 0 Å². The van der Waals surface area contributed by atoms with E-state index in [1.54, 1.807) is 0 Å². The minimum Gasteiger partial charge on any atom is -0.327 e. The van der Waals surface area contributed by atoms with Crippen molar-refractivity contribution in [1.82, 2.24) is 4.90 Å². The van der Waals surface area contributed by atoms with E-state index in [0.717, 1.165) is 18.9 Å². The monoisotopic (exact) mass is 198 g/mol. The quantitative estimate of drug-likeness (QED) is 0.750. The van der Waals surface area contributed by atoms with Gasteiger partial charge in [0.2, 0.25) is 0 Å². The second-order valence-corrected chi connectivity index (χ2v) is 4.67. The fourth-order valence-corrected chi connectivity index (χ4v) is 2.28. The standard InChI is InChI=1S/C12H26N2/c1-3-11-6-5-8-14(9-7-11)10-12(13)4-2/h11-12H,3-10,13H2,1-2H3. The van der Waals surface area contributed by atoms with Gasteiger partial charge >= 0.3 is 0 Å². The van der Waals surface area contributed by atoms with Crippen LogP contribution in [0.25, 0.3) is 0 Å². The third-order valence-electron chi connectivity index (χ3n) is 3.53. The molecule has 0 radical (unpaired) electrons. The first kappa shape index (κ1) is 12.0. The van der Waals surface area contributed by atoms with E-state index in [4.69, 9.17) is 5.73 Å². The van der Waals surface area contributed by atoms with E-state index in [1.807, 2.05) is 0 Å². The van der Waals surface area contributed by atoms with Gasteiger partial charge in [0.25, 0.3) is 0 Å². The van der Waals surface area contributed by atoms with Crippen molar-refractivity contribution >= 4 is 0 Å². The normalized spacial score (nSPS) is 27.2. The number of likely N-dealkylation sites (tertiary alicyclic amines) is 1. The molecule has 1 fully saturated rings. The first-order chi connectivity index (χ1) is 6.76. The molecule has 0 aromatic heterocycles. The summed E-state index contributed by atoms with van der Waals surface area (Å²) in [5.74, 6) is 0.970. The van der Waals surface area contributed by atoms with Gasteiger partial charge < -0.3 is 10.6 Å². The Balaban J connectivity index is 2.27. The van der Waals surface area contributed by atoms with Crippen molar-refractivity contribution in [3.63, 3.8) is 0 Å². The van der Waals surface area contributed by atoms with E-state index >= 15 is 0 Å². The molecular weight excluding hydrogens is 172 g/mol. The number of nitrogens with two attached hydrogens (primary N) is 1. The summed E-state index contributed by atoms with van der Waals surface area (Å²) < 4.78 is 0. The van der Waals surface area contributed by atoms with Crippen LogP contribution in [0.4, 0.5) is 0 Å². The molecule has 1 rings (SSSR count). The SMILES string of the molecule is CCC(N)CN1CCCC(CC)CC1. The number of hydrogen-bond donors (Lipinski definition) is 1. The van der Waals surface area contributed by atoms with E-state index in [-0.39, 0.29) is 0 Å². The Bertz CT molecular complexity index is 147. The highest BCUT2D eigenvalue weighted by molar-refractivity contribution is 4.72. The molecule has 84 valence electrons. The lowest BCUT2D eigenvalue weighted by Crippen LogP contribution is -2.37. The van der Waals surface area contributed by atoms with E-state index < -0.39 is 0 Å². The van der Waals surface area contributed by atoms with Crippen LogP contribution in [0, 0.1) is 5.92 Å². The zero-order valence-corrected chi connectivity index (χ0v) is 9.84. The molecule has 0 saturated carbocycles. The molecule has 1 aliphatic heterocycles. The Hall–Kier alpha value is -0.0800. The van der Waals surface area contributed by atoms with E-state index in [1.165, 1.54) is 38.8 Å². The third kappa shape index (κ3) is 3.97. The van der Waals surface area contributed by atoms with Crippen molar-refractivity contribution < 1.29 is 0 Å². The second-order valence-electron chi connectivity index (χ2n) is 4.67. The van der Waals surface area contributed by atoms with Gasteiger partial charge in [-0.05, 0) is 44.7 Å². The molecule has 1 aliphatic rings. The largest absolute Gasteiger partial charge is 0.327 e. The maximum atomic E-state index is 5.98. The van der Waals surface area contributed by atoms with Crippen molar-refractivity contribution in [1.29, 1.82) is 0 Å². The minimum absolute atomic E-state index is 0.383. The molecular formula is C12H26N2.